The van der Waals surface area contributed by atoms with Gasteiger partial charge >= 0.3 is 6.09 Å². The summed E-state index contributed by atoms with van der Waals surface area (Å²) in [6.07, 6.45) is -0.531. The van der Waals surface area contributed by atoms with Crippen molar-refractivity contribution in [1.82, 2.24) is 0 Å². The van der Waals surface area contributed by atoms with Gasteiger partial charge in [-0.2, -0.15) is 0 Å². The molecule has 0 aliphatic carbocycles. The first kappa shape index (κ1) is 17.6. The molecule has 1 amide bonds. The topological polar surface area (TPSA) is 78.6 Å². The number of ether oxygens (including phenoxy) is 2. The first-order chi connectivity index (χ1) is 9.44. The molecule has 0 aromatic heterocycles. The van der Waals surface area contributed by atoms with Crippen LogP contribution in [0.1, 0.15) is 31.9 Å². The van der Waals surface area contributed by atoms with Crippen LogP contribution in [0.2, 0.25) is 0 Å². The highest BCUT2D eigenvalue weighted by molar-refractivity contribution is 7.61. The molecule has 21 heavy (non-hydrogen) atoms. The summed E-state index contributed by atoms with van der Waals surface area (Å²) in [6, 6.07) is 3.69. The van der Waals surface area contributed by atoms with E-state index in [1.165, 1.54) is 7.11 Å². The van der Waals surface area contributed by atoms with Crippen molar-refractivity contribution in [3.05, 3.63) is 23.3 Å². The number of hydrogen-bond acceptors (Lipinski definition) is 4. The molecule has 0 saturated heterocycles. The molecule has 1 aromatic carbocycles. The molecule has 0 unspecified atom stereocenters. The van der Waals surface area contributed by atoms with Crippen molar-refractivity contribution >= 4 is 13.2 Å². The number of benzene rings is 1. The van der Waals surface area contributed by atoms with Crippen LogP contribution in [0.5, 0.6) is 11.5 Å². The van der Waals surface area contributed by atoms with Gasteiger partial charge in [0.05, 0.1) is 14.3 Å². The number of methoxy groups -OCH3 is 1. The SMILES string of the molecule is COc1c(CP(C)(C)=O)cc(C(C)(C)C)cc1OC(N)=O. The molecule has 0 fully saturated rings. The highest BCUT2D eigenvalue weighted by Crippen LogP contribution is 2.46. The molecule has 1 rings (SSSR count). The Labute approximate surface area is 126 Å². The van der Waals surface area contributed by atoms with E-state index in [-0.39, 0.29) is 11.2 Å². The molecule has 0 saturated carbocycles. The van der Waals surface area contributed by atoms with Gasteiger partial charge in [0.1, 0.15) is 0 Å². The van der Waals surface area contributed by atoms with E-state index in [9.17, 15) is 9.36 Å². The second kappa shape index (κ2) is 6.10. The largest absolute Gasteiger partial charge is 0.493 e. The van der Waals surface area contributed by atoms with Crippen molar-refractivity contribution in [3.63, 3.8) is 0 Å². The maximum Gasteiger partial charge on any atom is 0.410 e. The summed E-state index contributed by atoms with van der Waals surface area (Å²) < 4.78 is 22.5. The minimum absolute atomic E-state index is 0.151. The Morgan fingerprint density at radius 3 is 2.24 bits per heavy atom. The van der Waals surface area contributed by atoms with Gasteiger partial charge in [-0.25, -0.2) is 4.79 Å². The van der Waals surface area contributed by atoms with E-state index in [2.05, 4.69) is 0 Å². The summed E-state index contributed by atoms with van der Waals surface area (Å²) in [7, 11) is -0.820. The van der Waals surface area contributed by atoms with E-state index in [4.69, 9.17) is 15.2 Å². The maximum atomic E-state index is 12.2. The highest BCUT2D eigenvalue weighted by atomic mass is 31.2. The Bertz CT molecular complexity index is 584. The summed E-state index contributed by atoms with van der Waals surface area (Å²) in [5.41, 5.74) is 6.68. The first-order valence-corrected chi connectivity index (χ1v) is 9.45. The summed E-state index contributed by atoms with van der Waals surface area (Å²) in [6.45, 7) is 9.56. The number of rotatable bonds is 4. The third-order valence-electron chi connectivity index (χ3n) is 2.96. The average molecular weight is 313 g/mol. The Morgan fingerprint density at radius 2 is 1.86 bits per heavy atom. The monoisotopic (exact) mass is 313 g/mol. The van der Waals surface area contributed by atoms with Gasteiger partial charge in [-0.15, -0.1) is 0 Å². The molecule has 0 atom stereocenters. The van der Waals surface area contributed by atoms with Crippen LogP contribution in [0.15, 0.2) is 12.1 Å². The van der Waals surface area contributed by atoms with E-state index < -0.39 is 13.2 Å². The lowest BCUT2D eigenvalue weighted by Gasteiger charge is -2.23. The minimum Gasteiger partial charge on any atom is -0.493 e. The van der Waals surface area contributed by atoms with Gasteiger partial charge in [0.15, 0.2) is 11.5 Å². The van der Waals surface area contributed by atoms with Crippen LogP contribution in [0.3, 0.4) is 0 Å². The van der Waals surface area contributed by atoms with Crippen molar-refractivity contribution in [2.45, 2.75) is 32.3 Å². The Morgan fingerprint density at radius 1 is 1.29 bits per heavy atom. The van der Waals surface area contributed by atoms with Gasteiger partial charge < -0.3 is 19.8 Å². The number of carbonyl (C=O) groups is 1. The molecular formula is C15H24NO4P. The van der Waals surface area contributed by atoms with Gasteiger partial charge in [-0.05, 0) is 30.4 Å². The second-order valence-corrected chi connectivity index (χ2v) is 10.0. The third kappa shape index (κ3) is 5.09. The van der Waals surface area contributed by atoms with Crippen LogP contribution in [-0.2, 0) is 16.1 Å². The summed E-state index contributed by atoms with van der Waals surface area (Å²) in [5, 5.41) is 0. The number of hydrogen-bond donors (Lipinski definition) is 1. The normalized spacial score (nSPS) is 12.1. The van der Waals surface area contributed by atoms with E-state index in [1.807, 2.05) is 26.8 Å². The van der Waals surface area contributed by atoms with Crippen LogP contribution in [0.25, 0.3) is 0 Å². The van der Waals surface area contributed by atoms with Crippen LogP contribution >= 0.6 is 7.14 Å². The Hall–Kier alpha value is -1.48. The van der Waals surface area contributed by atoms with Crippen LogP contribution in [-0.4, -0.2) is 26.5 Å². The molecule has 0 aliphatic heterocycles. The molecule has 118 valence electrons. The van der Waals surface area contributed by atoms with Gasteiger partial charge in [0, 0.05) is 11.7 Å². The molecule has 0 radical (unpaired) electrons. The average Bonchev–Trinajstić information content (AvgIpc) is 2.24. The highest BCUT2D eigenvalue weighted by Gasteiger charge is 2.23. The predicted octanol–water partition coefficient (Wildman–Crippen LogP) is 3.57. The lowest BCUT2D eigenvalue weighted by Crippen LogP contribution is -2.18. The molecule has 2 N–H and O–H groups in total. The lowest BCUT2D eigenvalue weighted by atomic mass is 9.86. The van der Waals surface area contributed by atoms with E-state index >= 15 is 0 Å². The molecule has 6 heteroatoms. The van der Waals surface area contributed by atoms with Gasteiger partial charge in [-0.3, -0.25) is 0 Å². The summed E-state index contributed by atoms with van der Waals surface area (Å²) in [5.74, 6) is 0.673. The smallest absolute Gasteiger partial charge is 0.410 e. The summed E-state index contributed by atoms with van der Waals surface area (Å²) >= 11 is 0. The Balaban J connectivity index is 3.51. The van der Waals surface area contributed by atoms with Crippen LogP contribution in [0, 0.1) is 0 Å². The fourth-order valence-corrected chi connectivity index (χ4v) is 3.09. The lowest BCUT2D eigenvalue weighted by molar-refractivity contribution is 0.208. The quantitative estimate of drug-likeness (QED) is 0.862. The predicted molar refractivity (Wildman–Crippen MR) is 85.1 cm³/mol. The van der Waals surface area contributed by atoms with E-state index in [1.54, 1.807) is 19.4 Å². The van der Waals surface area contributed by atoms with E-state index in [0.717, 1.165) is 11.1 Å². The molecule has 0 bridgehead atoms. The molecule has 0 aliphatic rings. The minimum atomic E-state index is -2.31. The molecular weight excluding hydrogens is 289 g/mol. The van der Waals surface area contributed by atoms with Crippen LogP contribution < -0.4 is 15.2 Å². The van der Waals surface area contributed by atoms with Crippen molar-refractivity contribution in [2.24, 2.45) is 5.73 Å². The number of nitrogens with two attached hydrogens (primary N) is 1. The van der Waals surface area contributed by atoms with Crippen molar-refractivity contribution in [1.29, 1.82) is 0 Å². The fraction of sp³-hybridized carbons (Fsp3) is 0.533. The third-order valence-corrected chi connectivity index (χ3v) is 4.07. The molecule has 0 heterocycles. The fourth-order valence-electron chi connectivity index (χ4n) is 2.04. The van der Waals surface area contributed by atoms with Gasteiger partial charge in [-0.1, -0.05) is 26.8 Å². The van der Waals surface area contributed by atoms with Gasteiger partial charge in [0.25, 0.3) is 0 Å². The number of amides is 1. The standard InChI is InChI=1S/C15H24NO4P/c1-15(2,3)11-7-10(9-21(5,6)18)13(19-4)12(8-11)20-14(16)17/h7-8H,9H2,1-6H3,(H2,16,17). The summed E-state index contributed by atoms with van der Waals surface area (Å²) in [4.78, 5) is 11.1. The van der Waals surface area contributed by atoms with E-state index in [0.29, 0.717) is 11.9 Å². The zero-order valence-corrected chi connectivity index (χ0v) is 14.4. The van der Waals surface area contributed by atoms with Crippen LogP contribution in [0.4, 0.5) is 4.79 Å². The van der Waals surface area contributed by atoms with Crippen molar-refractivity contribution in [3.8, 4) is 11.5 Å². The first-order valence-electron chi connectivity index (χ1n) is 6.66. The Kier molecular flexibility index (Phi) is 5.11. The van der Waals surface area contributed by atoms with Crippen molar-refractivity contribution in [2.75, 3.05) is 20.4 Å². The van der Waals surface area contributed by atoms with Crippen molar-refractivity contribution < 1.29 is 18.8 Å². The molecule has 1 aromatic rings. The number of carbonyl (C=O) groups excluding carboxylic acids is 1. The maximum absolute atomic E-state index is 12.2. The number of primary amides is 1. The zero-order chi connectivity index (χ0) is 16.4. The zero-order valence-electron chi connectivity index (χ0n) is 13.5. The molecule has 5 nitrogen and oxygen atoms in total. The second-order valence-electron chi connectivity index (χ2n) is 6.57. The van der Waals surface area contributed by atoms with Gasteiger partial charge in [0.2, 0.25) is 0 Å². The molecule has 0 spiro atoms.